The molecule has 0 spiro atoms. The van der Waals surface area contributed by atoms with Crippen LogP contribution in [0.25, 0.3) is 10.9 Å². The third-order valence-electron chi connectivity index (χ3n) is 2.52. The molecule has 0 saturated carbocycles. The van der Waals surface area contributed by atoms with E-state index >= 15 is 0 Å². The van der Waals surface area contributed by atoms with Crippen LogP contribution in [0, 0.1) is 0 Å². The fraction of sp³-hybridized carbons (Fsp3) is 0.250. The van der Waals surface area contributed by atoms with Gasteiger partial charge in [0.1, 0.15) is 5.75 Å². The largest absolute Gasteiger partial charge is 0.497 e. The molecule has 1 aromatic heterocycles. The first-order valence-electron chi connectivity index (χ1n) is 4.94. The second-order valence-corrected chi connectivity index (χ2v) is 3.42. The average molecular weight is 203 g/mol. The van der Waals surface area contributed by atoms with Crippen molar-refractivity contribution in [2.75, 3.05) is 7.11 Å². The van der Waals surface area contributed by atoms with Crippen LogP contribution in [0.4, 0.5) is 0 Å². The van der Waals surface area contributed by atoms with Crippen molar-refractivity contribution in [3.63, 3.8) is 0 Å². The number of pyridine rings is 1. The smallest absolute Gasteiger partial charge is 0.248 e. The van der Waals surface area contributed by atoms with Crippen LogP contribution in [0.3, 0.4) is 0 Å². The van der Waals surface area contributed by atoms with Crippen LogP contribution in [0.15, 0.2) is 29.1 Å². The Kier molecular flexibility index (Phi) is 2.46. The maximum atomic E-state index is 11.4. The fourth-order valence-corrected chi connectivity index (χ4v) is 1.73. The number of aromatic nitrogens is 1. The maximum Gasteiger partial charge on any atom is 0.248 e. The maximum absolute atomic E-state index is 11.4. The fourth-order valence-electron chi connectivity index (χ4n) is 1.73. The van der Waals surface area contributed by atoms with Gasteiger partial charge in [-0.05, 0) is 24.1 Å². The van der Waals surface area contributed by atoms with E-state index in [1.807, 2.05) is 25.1 Å². The van der Waals surface area contributed by atoms with Crippen molar-refractivity contribution in [3.05, 3.63) is 40.2 Å². The summed E-state index contributed by atoms with van der Waals surface area (Å²) in [6, 6.07) is 7.37. The van der Waals surface area contributed by atoms with Crippen LogP contribution in [-0.4, -0.2) is 12.1 Å². The topological polar surface area (TPSA) is 42.1 Å². The Balaban J connectivity index is 2.78. The van der Waals surface area contributed by atoms with Crippen molar-refractivity contribution in [2.24, 2.45) is 0 Å². The van der Waals surface area contributed by atoms with E-state index in [4.69, 9.17) is 4.74 Å². The van der Waals surface area contributed by atoms with Crippen LogP contribution in [0.2, 0.25) is 0 Å². The molecule has 0 aliphatic rings. The zero-order chi connectivity index (χ0) is 10.8. The Morgan fingerprint density at radius 1 is 1.33 bits per heavy atom. The number of methoxy groups -OCH3 is 1. The summed E-state index contributed by atoms with van der Waals surface area (Å²) < 4.78 is 5.11. The minimum atomic E-state index is -0.0624. The number of aryl methyl sites for hydroxylation is 1. The number of nitrogens with one attached hydrogen (secondary N) is 1. The zero-order valence-electron chi connectivity index (χ0n) is 8.83. The molecule has 0 bridgehead atoms. The number of hydrogen-bond donors (Lipinski definition) is 1. The molecular formula is C12H13NO2. The highest BCUT2D eigenvalue weighted by Gasteiger charge is 2.02. The molecule has 15 heavy (non-hydrogen) atoms. The SMILES string of the molecule is CCc1cc(=O)[nH]c2cc(OC)ccc12. The summed E-state index contributed by atoms with van der Waals surface area (Å²) in [6.45, 7) is 2.04. The van der Waals surface area contributed by atoms with Gasteiger partial charge in [0.15, 0.2) is 0 Å². The Labute approximate surface area is 87.7 Å². The van der Waals surface area contributed by atoms with Crippen molar-refractivity contribution in [1.82, 2.24) is 4.98 Å². The minimum Gasteiger partial charge on any atom is -0.497 e. The van der Waals surface area contributed by atoms with E-state index in [-0.39, 0.29) is 5.56 Å². The van der Waals surface area contributed by atoms with E-state index in [0.717, 1.165) is 28.6 Å². The predicted octanol–water partition coefficient (Wildman–Crippen LogP) is 2.10. The molecule has 2 aromatic rings. The van der Waals surface area contributed by atoms with Crippen LogP contribution >= 0.6 is 0 Å². The zero-order valence-corrected chi connectivity index (χ0v) is 8.83. The molecule has 2 rings (SSSR count). The van der Waals surface area contributed by atoms with Gasteiger partial charge in [-0.15, -0.1) is 0 Å². The lowest BCUT2D eigenvalue weighted by Crippen LogP contribution is -2.06. The molecule has 0 aliphatic carbocycles. The quantitative estimate of drug-likeness (QED) is 0.812. The summed E-state index contributed by atoms with van der Waals surface area (Å²) in [6.07, 6.45) is 0.854. The Morgan fingerprint density at radius 3 is 2.80 bits per heavy atom. The number of hydrogen-bond acceptors (Lipinski definition) is 2. The number of ether oxygens (including phenoxy) is 1. The van der Waals surface area contributed by atoms with Gasteiger partial charge in [0.25, 0.3) is 0 Å². The van der Waals surface area contributed by atoms with E-state index in [2.05, 4.69) is 4.98 Å². The molecule has 1 N–H and O–H groups in total. The van der Waals surface area contributed by atoms with E-state index in [1.165, 1.54) is 0 Å². The first-order chi connectivity index (χ1) is 7.24. The van der Waals surface area contributed by atoms with Crippen molar-refractivity contribution in [2.45, 2.75) is 13.3 Å². The van der Waals surface area contributed by atoms with Gasteiger partial charge in [-0.1, -0.05) is 6.92 Å². The lowest BCUT2D eigenvalue weighted by molar-refractivity contribution is 0.415. The van der Waals surface area contributed by atoms with Crippen LogP contribution in [-0.2, 0) is 6.42 Å². The molecule has 1 heterocycles. The second kappa shape index (κ2) is 3.77. The monoisotopic (exact) mass is 203 g/mol. The molecule has 1 aromatic carbocycles. The Bertz CT molecular complexity index is 543. The highest BCUT2D eigenvalue weighted by Crippen LogP contribution is 2.20. The van der Waals surface area contributed by atoms with E-state index in [9.17, 15) is 4.79 Å². The number of rotatable bonds is 2. The number of H-pyrrole nitrogens is 1. The van der Waals surface area contributed by atoms with Gasteiger partial charge in [-0.25, -0.2) is 0 Å². The molecule has 3 heteroatoms. The molecule has 0 amide bonds. The number of fused-ring (bicyclic) bond motifs is 1. The first kappa shape index (κ1) is 9.77. The number of aromatic amines is 1. The van der Waals surface area contributed by atoms with Gasteiger partial charge in [-0.2, -0.15) is 0 Å². The normalized spacial score (nSPS) is 10.5. The minimum absolute atomic E-state index is 0.0624. The molecule has 0 saturated heterocycles. The average Bonchev–Trinajstić information content (AvgIpc) is 2.26. The van der Waals surface area contributed by atoms with Crippen molar-refractivity contribution in [3.8, 4) is 5.75 Å². The summed E-state index contributed by atoms with van der Waals surface area (Å²) >= 11 is 0. The third-order valence-corrected chi connectivity index (χ3v) is 2.52. The molecule has 0 atom stereocenters. The first-order valence-corrected chi connectivity index (χ1v) is 4.94. The predicted molar refractivity (Wildman–Crippen MR) is 60.5 cm³/mol. The summed E-state index contributed by atoms with van der Waals surface area (Å²) in [5.74, 6) is 0.756. The summed E-state index contributed by atoms with van der Waals surface area (Å²) in [5, 5.41) is 1.08. The van der Waals surface area contributed by atoms with E-state index in [1.54, 1.807) is 13.2 Å². The van der Waals surface area contributed by atoms with Gasteiger partial charge < -0.3 is 9.72 Å². The van der Waals surface area contributed by atoms with Crippen LogP contribution < -0.4 is 10.3 Å². The summed E-state index contributed by atoms with van der Waals surface area (Å²) in [5.41, 5.74) is 1.84. The Hall–Kier alpha value is -1.77. The molecule has 0 aliphatic heterocycles. The van der Waals surface area contributed by atoms with Crippen molar-refractivity contribution < 1.29 is 4.74 Å². The highest BCUT2D eigenvalue weighted by molar-refractivity contribution is 5.83. The highest BCUT2D eigenvalue weighted by atomic mass is 16.5. The molecule has 78 valence electrons. The standard InChI is InChI=1S/C12H13NO2/c1-3-8-6-12(14)13-11-7-9(15-2)4-5-10(8)11/h4-7H,3H2,1-2H3,(H,13,14). The second-order valence-electron chi connectivity index (χ2n) is 3.42. The third kappa shape index (κ3) is 1.73. The van der Waals surface area contributed by atoms with Gasteiger partial charge in [0, 0.05) is 17.5 Å². The lowest BCUT2D eigenvalue weighted by Gasteiger charge is -2.05. The molecule has 0 fully saturated rings. The Morgan fingerprint density at radius 2 is 2.13 bits per heavy atom. The van der Waals surface area contributed by atoms with Gasteiger partial charge in [-0.3, -0.25) is 4.79 Å². The molecular weight excluding hydrogens is 190 g/mol. The van der Waals surface area contributed by atoms with Gasteiger partial charge >= 0.3 is 0 Å². The molecule has 0 unspecified atom stereocenters. The van der Waals surface area contributed by atoms with Gasteiger partial charge in [0.2, 0.25) is 5.56 Å². The van der Waals surface area contributed by atoms with Crippen LogP contribution in [0.1, 0.15) is 12.5 Å². The summed E-state index contributed by atoms with van der Waals surface area (Å²) in [4.78, 5) is 14.2. The van der Waals surface area contributed by atoms with E-state index < -0.39 is 0 Å². The molecule has 0 radical (unpaired) electrons. The number of benzene rings is 1. The molecule has 3 nitrogen and oxygen atoms in total. The van der Waals surface area contributed by atoms with E-state index in [0.29, 0.717) is 0 Å². The van der Waals surface area contributed by atoms with Gasteiger partial charge in [0.05, 0.1) is 12.6 Å². The summed E-state index contributed by atoms with van der Waals surface area (Å²) in [7, 11) is 1.61. The van der Waals surface area contributed by atoms with Crippen LogP contribution in [0.5, 0.6) is 5.75 Å². The van der Waals surface area contributed by atoms with Crippen molar-refractivity contribution >= 4 is 10.9 Å². The van der Waals surface area contributed by atoms with Crippen molar-refractivity contribution in [1.29, 1.82) is 0 Å². The lowest BCUT2D eigenvalue weighted by atomic mass is 10.1.